The van der Waals surface area contributed by atoms with Gasteiger partial charge in [-0.15, -0.1) is 0 Å². The fraction of sp³-hybridized carbons (Fsp3) is 0.118. The van der Waals surface area contributed by atoms with Crippen molar-refractivity contribution in [2.45, 2.75) is 13.3 Å². The zero-order chi connectivity index (χ0) is 15.0. The van der Waals surface area contributed by atoms with Gasteiger partial charge in [-0.3, -0.25) is 4.79 Å². The summed E-state index contributed by atoms with van der Waals surface area (Å²) in [6, 6.07) is 11.7. The van der Waals surface area contributed by atoms with E-state index in [-0.39, 0.29) is 5.78 Å². The Balaban J connectivity index is 2.16. The first-order valence-corrected chi connectivity index (χ1v) is 8.29. The number of hydrogen-bond donors (Lipinski definition) is 1. The van der Waals surface area contributed by atoms with Crippen LogP contribution >= 0.6 is 31.9 Å². The molecule has 3 aromatic rings. The summed E-state index contributed by atoms with van der Waals surface area (Å²) in [6.07, 6.45) is 2.74. The summed E-state index contributed by atoms with van der Waals surface area (Å²) in [7, 11) is 0. The summed E-state index contributed by atoms with van der Waals surface area (Å²) in [5, 5.41) is 0.978. The Morgan fingerprint density at radius 3 is 2.71 bits per heavy atom. The summed E-state index contributed by atoms with van der Waals surface area (Å²) < 4.78 is 1.69. The SMILES string of the molecule is CCc1cccc2c(C(=O)c3cc(Br)ccc3Br)c[nH]c12. The molecule has 0 amide bonds. The van der Waals surface area contributed by atoms with Gasteiger partial charge in [-0.2, -0.15) is 0 Å². The molecule has 0 spiro atoms. The first kappa shape index (κ1) is 14.5. The Morgan fingerprint density at radius 2 is 1.95 bits per heavy atom. The summed E-state index contributed by atoms with van der Waals surface area (Å²) in [5.41, 5.74) is 3.64. The molecular formula is C17H13Br2NO. The number of carbonyl (C=O) groups is 1. The first-order valence-electron chi connectivity index (χ1n) is 6.70. The van der Waals surface area contributed by atoms with E-state index >= 15 is 0 Å². The van der Waals surface area contributed by atoms with Crippen LogP contribution in [0.15, 0.2) is 51.5 Å². The first-order chi connectivity index (χ1) is 10.1. The Morgan fingerprint density at radius 1 is 1.14 bits per heavy atom. The summed E-state index contributed by atoms with van der Waals surface area (Å²) in [5.74, 6) is 0.0164. The highest BCUT2D eigenvalue weighted by atomic mass is 79.9. The van der Waals surface area contributed by atoms with E-state index in [4.69, 9.17) is 0 Å². The van der Waals surface area contributed by atoms with Crippen molar-refractivity contribution in [3.8, 4) is 0 Å². The van der Waals surface area contributed by atoms with Gasteiger partial charge >= 0.3 is 0 Å². The predicted octanol–water partition coefficient (Wildman–Crippen LogP) is 5.49. The lowest BCUT2D eigenvalue weighted by atomic mass is 10.0. The highest BCUT2D eigenvalue weighted by molar-refractivity contribution is 9.11. The average molecular weight is 407 g/mol. The molecule has 3 rings (SSSR count). The molecule has 2 aromatic carbocycles. The zero-order valence-electron chi connectivity index (χ0n) is 11.4. The molecular weight excluding hydrogens is 394 g/mol. The average Bonchev–Trinajstić information content (AvgIpc) is 2.93. The third kappa shape index (κ3) is 2.58. The van der Waals surface area contributed by atoms with E-state index < -0.39 is 0 Å². The Kier molecular flexibility index (Phi) is 4.00. The Labute approximate surface area is 139 Å². The van der Waals surface area contributed by atoms with Crippen molar-refractivity contribution in [1.82, 2.24) is 4.98 Å². The molecule has 1 heterocycles. The van der Waals surface area contributed by atoms with Crippen molar-refractivity contribution in [2.75, 3.05) is 0 Å². The number of ketones is 1. The third-order valence-electron chi connectivity index (χ3n) is 3.60. The number of rotatable bonds is 3. The van der Waals surface area contributed by atoms with Crippen LogP contribution < -0.4 is 0 Å². The monoisotopic (exact) mass is 405 g/mol. The van der Waals surface area contributed by atoms with E-state index in [1.165, 1.54) is 5.56 Å². The summed E-state index contributed by atoms with van der Waals surface area (Å²) >= 11 is 6.88. The molecule has 4 heteroatoms. The third-order valence-corrected chi connectivity index (χ3v) is 4.79. The van der Waals surface area contributed by atoms with Gasteiger partial charge in [0.1, 0.15) is 0 Å². The number of aryl methyl sites for hydroxylation is 1. The second-order valence-corrected chi connectivity index (χ2v) is 6.62. The number of benzene rings is 2. The highest BCUT2D eigenvalue weighted by Crippen LogP contribution is 2.28. The van der Waals surface area contributed by atoms with Crippen LogP contribution in [0.2, 0.25) is 0 Å². The quantitative estimate of drug-likeness (QED) is 0.573. The minimum atomic E-state index is 0.0164. The number of carbonyl (C=O) groups excluding carboxylic acids is 1. The molecule has 0 aliphatic rings. The maximum absolute atomic E-state index is 12.8. The van der Waals surface area contributed by atoms with Crippen LogP contribution in [0.25, 0.3) is 10.9 Å². The number of nitrogens with one attached hydrogen (secondary N) is 1. The lowest BCUT2D eigenvalue weighted by molar-refractivity contribution is 0.103. The van der Waals surface area contributed by atoms with E-state index in [0.717, 1.165) is 26.3 Å². The second-order valence-electron chi connectivity index (χ2n) is 4.85. The summed E-state index contributed by atoms with van der Waals surface area (Å²) in [4.78, 5) is 16.1. The van der Waals surface area contributed by atoms with Crippen LogP contribution in [0.5, 0.6) is 0 Å². The molecule has 0 saturated heterocycles. The number of H-pyrrole nitrogens is 1. The number of halogens is 2. The van der Waals surface area contributed by atoms with E-state index in [9.17, 15) is 4.79 Å². The van der Waals surface area contributed by atoms with E-state index in [0.29, 0.717) is 11.1 Å². The molecule has 0 radical (unpaired) electrons. The van der Waals surface area contributed by atoms with Gasteiger partial charge in [0.2, 0.25) is 0 Å². The van der Waals surface area contributed by atoms with Crippen molar-refractivity contribution in [2.24, 2.45) is 0 Å². The van der Waals surface area contributed by atoms with Crippen LogP contribution in [0.1, 0.15) is 28.4 Å². The number of hydrogen-bond acceptors (Lipinski definition) is 1. The van der Waals surface area contributed by atoms with Gasteiger partial charge in [-0.25, -0.2) is 0 Å². The predicted molar refractivity (Wildman–Crippen MR) is 93.0 cm³/mol. The van der Waals surface area contributed by atoms with Gasteiger partial charge in [0.05, 0.1) is 0 Å². The number of fused-ring (bicyclic) bond motifs is 1. The van der Waals surface area contributed by atoms with E-state index in [1.54, 1.807) is 6.20 Å². The molecule has 0 fully saturated rings. The second kappa shape index (κ2) is 5.78. The van der Waals surface area contributed by atoms with Gasteiger partial charge in [0, 0.05) is 37.2 Å². The molecule has 1 N–H and O–H groups in total. The number of para-hydroxylation sites is 1. The minimum Gasteiger partial charge on any atom is -0.360 e. The largest absolute Gasteiger partial charge is 0.360 e. The normalized spacial score (nSPS) is 11.0. The Bertz CT molecular complexity index is 836. The molecule has 21 heavy (non-hydrogen) atoms. The van der Waals surface area contributed by atoms with Crippen molar-refractivity contribution in [3.63, 3.8) is 0 Å². The molecule has 0 aliphatic carbocycles. The van der Waals surface area contributed by atoms with Crippen LogP contribution in [0, 0.1) is 0 Å². The van der Waals surface area contributed by atoms with Crippen LogP contribution in [-0.2, 0) is 6.42 Å². The van der Waals surface area contributed by atoms with Crippen LogP contribution in [0.4, 0.5) is 0 Å². The van der Waals surface area contributed by atoms with Crippen molar-refractivity contribution >= 4 is 48.5 Å². The van der Waals surface area contributed by atoms with E-state index in [2.05, 4.69) is 49.8 Å². The fourth-order valence-electron chi connectivity index (χ4n) is 2.52. The molecule has 0 atom stereocenters. The van der Waals surface area contributed by atoms with Gasteiger partial charge in [-0.1, -0.05) is 57.0 Å². The van der Waals surface area contributed by atoms with Crippen molar-refractivity contribution in [3.05, 3.63) is 68.2 Å². The lowest BCUT2D eigenvalue weighted by Crippen LogP contribution is -2.01. The maximum Gasteiger partial charge on any atom is 0.196 e. The number of aromatic nitrogens is 1. The smallest absolute Gasteiger partial charge is 0.196 e. The molecule has 1 aromatic heterocycles. The van der Waals surface area contributed by atoms with Gasteiger partial charge in [0.15, 0.2) is 5.78 Å². The van der Waals surface area contributed by atoms with E-state index in [1.807, 2.05) is 30.3 Å². The molecule has 0 bridgehead atoms. The molecule has 0 saturated carbocycles. The Hall–Kier alpha value is -1.39. The molecule has 0 aliphatic heterocycles. The van der Waals surface area contributed by atoms with Crippen molar-refractivity contribution < 1.29 is 4.79 Å². The van der Waals surface area contributed by atoms with Crippen LogP contribution in [0.3, 0.4) is 0 Å². The van der Waals surface area contributed by atoms with Gasteiger partial charge in [0.25, 0.3) is 0 Å². The molecule has 106 valence electrons. The summed E-state index contributed by atoms with van der Waals surface area (Å²) in [6.45, 7) is 2.11. The topological polar surface area (TPSA) is 32.9 Å². The maximum atomic E-state index is 12.8. The highest BCUT2D eigenvalue weighted by Gasteiger charge is 2.17. The standard InChI is InChI=1S/C17H13Br2NO/c1-2-10-4-3-5-12-14(9-20-16(10)12)17(21)13-8-11(18)6-7-15(13)19/h3-9,20H,2H2,1H3. The molecule has 0 unspecified atom stereocenters. The zero-order valence-corrected chi connectivity index (χ0v) is 14.6. The minimum absolute atomic E-state index is 0.0164. The van der Waals surface area contributed by atoms with Crippen molar-refractivity contribution in [1.29, 1.82) is 0 Å². The lowest BCUT2D eigenvalue weighted by Gasteiger charge is -2.04. The van der Waals surface area contributed by atoms with Gasteiger partial charge in [-0.05, 0) is 30.2 Å². The fourth-order valence-corrected chi connectivity index (χ4v) is 3.30. The molecule has 2 nitrogen and oxygen atoms in total. The van der Waals surface area contributed by atoms with Crippen LogP contribution in [-0.4, -0.2) is 10.8 Å². The van der Waals surface area contributed by atoms with Gasteiger partial charge < -0.3 is 4.98 Å². The number of aromatic amines is 1.